The van der Waals surface area contributed by atoms with Gasteiger partial charge in [-0.2, -0.15) is 0 Å². The molecule has 0 bridgehead atoms. The summed E-state index contributed by atoms with van der Waals surface area (Å²) in [5, 5.41) is 0. The molecule has 0 spiro atoms. The first-order valence-electron chi connectivity index (χ1n) is 13.5. The molecule has 1 aromatic carbocycles. The van der Waals surface area contributed by atoms with Crippen LogP contribution < -0.4 is 4.74 Å². The van der Waals surface area contributed by atoms with Crippen molar-refractivity contribution in [3.63, 3.8) is 0 Å². The molecule has 1 aliphatic carbocycles. The van der Waals surface area contributed by atoms with Crippen molar-refractivity contribution in [2.24, 2.45) is 11.8 Å². The van der Waals surface area contributed by atoms with Gasteiger partial charge in [-0.25, -0.2) is 0 Å². The van der Waals surface area contributed by atoms with Crippen molar-refractivity contribution in [1.82, 2.24) is 4.98 Å². The average Bonchev–Trinajstić information content (AvgIpc) is 2.86. The quantitative estimate of drug-likeness (QED) is 0.175. The van der Waals surface area contributed by atoms with Crippen LogP contribution in [0.25, 0.3) is 11.3 Å². The van der Waals surface area contributed by atoms with E-state index in [9.17, 15) is 4.79 Å². The molecule has 1 aromatic heterocycles. The molecule has 1 fully saturated rings. The highest BCUT2D eigenvalue weighted by Crippen LogP contribution is 2.33. The Kier molecular flexibility index (Phi) is 10.9. The molecule has 0 atom stereocenters. The Hall–Kier alpha value is -2.16. The zero-order chi connectivity index (χ0) is 23.3. The fourth-order valence-electron chi connectivity index (χ4n) is 4.94. The van der Waals surface area contributed by atoms with Crippen molar-refractivity contribution < 1.29 is 9.53 Å². The van der Waals surface area contributed by atoms with Gasteiger partial charge in [0, 0.05) is 11.8 Å². The van der Waals surface area contributed by atoms with E-state index in [1.165, 1.54) is 76.2 Å². The van der Waals surface area contributed by atoms with Crippen molar-refractivity contribution in [1.29, 1.82) is 0 Å². The Morgan fingerprint density at radius 2 is 1.55 bits per heavy atom. The monoisotopic (exact) mass is 449 g/mol. The second-order valence-corrected chi connectivity index (χ2v) is 9.87. The minimum atomic E-state index is -0.0577. The van der Waals surface area contributed by atoms with Gasteiger partial charge in [0.1, 0.15) is 5.75 Å². The number of carbonyl (C=O) groups is 1. The number of hydrogen-bond acceptors (Lipinski definition) is 3. The molecule has 3 rings (SSSR count). The van der Waals surface area contributed by atoms with Crippen LogP contribution in [0.2, 0.25) is 0 Å². The van der Waals surface area contributed by atoms with Crippen LogP contribution in [0.15, 0.2) is 42.6 Å². The van der Waals surface area contributed by atoms with Crippen molar-refractivity contribution in [3.05, 3.63) is 48.2 Å². The second kappa shape index (κ2) is 14.2. The van der Waals surface area contributed by atoms with E-state index < -0.39 is 0 Å². The third-order valence-electron chi connectivity index (χ3n) is 7.16. The number of rotatable bonds is 13. The molecule has 0 N–H and O–H groups in total. The SMILES string of the molecule is CCCCCCc1ccc(-c2ccc(OC(=O)C3CCC(CCCCCC)CC3)cc2)nc1. The summed E-state index contributed by atoms with van der Waals surface area (Å²) in [6, 6.07) is 12.1. The number of hydrogen-bond donors (Lipinski definition) is 0. The molecular weight excluding hydrogens is 406 g/mol. The molecule has 3 nitrogen and oxygen atoms in total. The zero-order valence-corrected chi connectivity index (χ0v) is 20.9. The Balaban J connectivity index is 1.42. The Bertz CT molecular complexity index is 804. The van der Waals surface area contributed by atoms with Crippen LogP contribution in [0.3, 0.4) is 0 Å². The Morgan fingerprint density at radius 3 is 2.18 bits per heavy atom. The van der Waals surface area contributed by atoms with Gasteiger partial charge in [0.05, 0.1) is 11.6 Å². The highest BCUT2D eigenvalue weighted by molar-refractivity contribution is 5.75. The minimum Gasteiger partial charge on any atom is -0.426 e. The van der Waals surface area contributed by atoms with Gasteiger partial charge in [-0.15, -0.1) is 0 Å². The number of ether oxygens (including phenoxy) is 1. The van der Waals surface area contributed by atoms with E-state index in [2.05, 4.69) is 31.0 Å². The number of aromatic nitrogens is 1. The first-order chi connectivity index (χ1) is 16.2. The molecule has 0 aliphatic heterocycles. The van der Waals surface area contributed by atoms with Crippen LogP contribution in [-0.2, 0) is 11.2 Å². The Morgan fingerprint density at radius 1 is 0.848 bits per heavy atom. The van der Waals surface area contributed by atoms with E-state index in [0.29, 0.717) is 5.75 Å². The molecule has 1 heterocycles. The van der Waals surface area contributed by atoms with Gasteiger partial charge in [0.15, 0.2) is 0 Å². The largest absolute Gasteiger partial charge is 0.426 e. The molecule has 33 heavy (non-hydrogen) atoms. The standard InChI is InChI=1S/C30H43NO2/c1-3-5-7-9-11-24-13-16-27(17-14-24)30(32)33-28-20-18-26(19-21-28)29-22-15-25(23-31-29)12-10-8-6-4-2/h15,18-24,27H,3-14,16-17H2,1-2H3. The lowest BCUT2D eigenvalue weighted by atomic mass is 9.80. The lowest BCUT2D eigenvalue weighted by Crippen LogP contribution is -2.25. The summed E-state index contributed by atoms with van der Waals surface area (Å²) in [5.41, 5.74) is 3.31. The van der Waals surface area contributed by atoms with Crippen molar-refractivity contribution >= 4 is 5.97 Å². The van der Waals surface area contributed by atoms with E-state index in [1.807, 2.05) is 30.5 Å². The number of nitrogens with zero attached hydrogens (tertiary/aromatic N) is 1. The molecular formula is C30H43NO2. The molecule has 0 radical (unpaired) electrons. The van der Waals surface area contributed by atoms with Crippen molar-refractivity contribution in [2.45, 2.75) is 104 Å². The third-order valence-corrected chi connectivity index (χ3v) is 7.16. The highest BCUT2D eigenvalue weighted by atomic mass is 16.5. The van der Waals surface area contributed by atoms with Gasteiger partial charge >= 0.3 is 5.97 Å². The average molecular weight is 450 g/mol. The van der Waals surface area contributed by atoms with Crippen LogP contribution in [0, 0.1) is 11.8 Å². The number of aryl methyl sites for hydroxylation is 1. The summed E-state index contributed by atoms with van der Waals surface area (Å²) in [7, 11) is 0. The highest BCUT2D eigenvalue weighted by Gasteiger charge is 2.27. The fourth-order valence-corrected chi connectivity index (χ4v) is 4.94. The van der Waals surface area contributed by atoms with Crippen LogP contribution in [-0.4, -0.2) is 11.0 Å². The molecule has 1 saturated carbocycles. The summed E-state index contributed by atoms with van der Waals surface area (Å²) in [5.74, 6) is 1.44. The van der Waals surface area contributed by atoms with E-state index >= 15 is 0 Å². The maximum Gasteiger partial charge on any atom is 0.314 e. The molecule has 180 valence electrons. The molecule has 3 heteroatoms. The molecule has 0 amide bonds. The molecule has 2 aromatic rings. The first kappa shape index (κ1) is 25.5. The van der Waals surface area contributed by atoms with Crippen LogP contribution in [0.4, 0.5) is 0 Å². The Labute approximate surface area is 201 Å². The number of esters is 1. The van der Waals surface area contributed by atoms with Crippen LogP contribution >= 0.6 is 0 Å². The van der Waals surface area contributed by atoms with E-state index in [4.69, 9.17) is 4.74 Å². The van der Waals surface area contributed by atoms with Gasteiger partial charge in [0.25, 0.3) is 0 Å². The topological polar surface area (TPSA) is 39.2 Å². The lowest BCUT2D eigenvalue weighted by Gasteiger charge is -2.27. The predicted molar refractivity (Wildman–Crippen MR) is 137 cm³/mol. The van der Waals surface area contributed by atoms with Gasteiger partial charge in [0.2, 0.25) is 0 Å². The number of unbranched alkanes of at least 4 members (excludes halogenated alkanes) is 6. The summed E-state index contributed by atoms with van der Waals surface area (Å²) >= 11 is 0. The van der Waals surface area contributed by atoms with Gasteiger partial charge in [-0.05, 0) is 80.3 Å². The number of pyridine rings is 1. The fraction of sp³-hybridized carbons (Fsp3) is 0.600. The van der Waals surface area contributed by atoms with Gasteiger partial charge in [-0.1, -0.05) is 71.3 Å². The zero-order valence-electron chi connectivity index (χ0n) is 20.9. The third kappa shape index (κ3) is 8.61. The second-order valence-electron chi connectivity index (χ2n) is 9.87. The first-order valence-corrected chi connectivity index (χ1v) is 13.5. The van der Waals surface area contributed by atoms with Crippen molar-refractivity contribution in [2.75, 3.05) is 0 Å². The predicted octanol–water partition coefficient (Wildman–Crippen LogP) is 8.55. The van der Waals surface area contributed by atoms with Crippen LogP contribution in [0.1, 0.15) is 103 Å². The van der Waals surface area contributed by atoms with Crippen LogP contribution in [0.5, 0.6) is 5.75 Å². The van der Waals surface area contributed by atoms with E-state index in [-0.39, 0.29) is 11.9 Å². The molecule has 1 aliphatic rings. The van der Waals surface area contributed by atoms with E-state index in [0.717, 1.165) is 36.4 Å². The smallest absolute Gasteiger partial charge is 0.314 e. The van der Waals surface area contributed by atoms with Gasteiger partial charge in [-0.3, -0.25) is 9.78 Å². The number of carbonyl (C=O) groups excluding carboxylic acids is 1. The van der Waals surface area contributed by atoms with Gasteiger partial charge < -0.3 is 4.74 Å². The summed E-state index contributed by atoms with van der Waals surface area (Å²) in [6.45, 7) is 4.50. The lowest BCUT2D eigenvalue weighted by molar-refractivity contribution is -0.140. The summed E-state index contributed by atoms with van der Waals surface area (Å²) in [4.78, 5) is 17.3. The van der Waals surface area contributed by atoms with Crippen molar-refractivity contribution in [3.8, 4) is 17.0 Å². The number of benzene rings is 1. The maximum absolute atomic E-state index is 12.7. The molecule has 0 saturated heterocycles. The van der Waals surface area contributed by atoms with E-state index in [1.54, 1.807) is 0 Å². The summed E-state index contributed by atoms with van der Waals surface area (Å²) < 4.78 is 5.72. The normalized spacial score (nSPS) is 18.2. The maximum atomic E-state index is 12.7. The summed E-state index contributed by atoms with van der Waals surface area (Å²) in [6.07, 6.45) is 19.2. The minimum absolute atomic E-state index is 0.0577. The molecule has 0 unspecified atom stereocenters.